The van der Waals surface area contributed by atoms with Gasteiger partial charge in [-0.2, -0.15) is 0 Å². The van der Waals surface area contributed by atoms with E-state index in [1.54, 1.807) is 0 Å². The smallest absolute Gasteiger partial charge is 0.387 e. The van der Waals surface area contributed by atoms with Crippen LogP contribution < -0.4 is 16.9 Å². The van der Waals surface area contributed by atoms with Crippen molar-refractivity contribution in [2.24, 2.45) is 5.50 Å². The summed E-state index contributed by atoms with van der Waals surface area (Å²) in [6, 6.07) is 0. The summed E-state index contributed by atoms with van der Waals surface area (Å²) < 4.78 is 27.4. The third kappa shape index (κ3) is 3.18. The van der Waals surface area contributed by atoms with E-state index >= 15 is 0 Å². The Balaban J connectivity index is 1.89. The average Bonchev–Trinajstić information content (AvgIpc) is 3.04. The quantitative estimate of drug-likeness (QED) is 0.363. The number of nitrogens with zero attached hydrogens (tertiary/aromatic N) is 3. The first-order valence-electron chi connectivity index (χ1n) is 7.06. The number of nitrogen functional groups attached to an aromatic ring is 1. The van der Waals surface area contributed by atoms with Gasteiger partial charge in [0, 0.05) is 7.11 Å². The summed E-state index contributed by atoms with van der Waals surface area (Å²) in [7, 11) is -2.69. The molecule has 138 valence electrons. The minimum Gasteiger partial charge on any atom is -0.387 e. The van der Waals surface area contributed by atoms with E-state index in [1.807, 2.05) is 0 Å². The summed E-state index contributed by atoms with van der Waals surface area (Å²) in [6.45, 7) is -0.426. The average molecular weight is 376 g/mol. The summed E-state index contributed by atoms with van der Waals surface area (Å²) in [6.07, 6.45) is -4.16. The zero-order valence-electron chi connectivity index (χ0n) is 13.0. The molecule has 2 aromatic heterocycles. The molecule has 14 heteroatoms. The van der Waals surface area contributed by atoms with Gasteiger partial charge < -0.3 is 30.2 Å². The Bertz CT molecular complexity index is 883. The van der Waals surface area contributed by atoms with Crippen LogP contribution in [-0.4, -0.2) is 61.8 Å². The lowest BCUT2D eigenvalue weighted by Gasteiger charge is -2.17. The largest absolute Gasteiger partial charge is 0.402 e. The molecule has 3 heterocycles. The van der Waals surface area contributed by atoms with Crippen LogP contribution in [-0.2, 0) is 18.3 Å². The van der Waals surface area contributed by atoms with Crippen LogP contribution in [0.1, 0.15) is 6.23 Å². The van der Waals surface area contributed by atoms with Gasteiger partial charge in [0.2, 0.25) is 0 Å². The molecule has 5 atom stereocenters. The molecule has 2 aromatic rings. The molecule has 7 N–H and O–H groups in total. The zero-order valence-corrected chi connectivity index (χ0v) is 13.9. The molecule has 0 amide bonds. The number of imidazole rings is 1. The number of aliphatic hydroxyl groups excluding tert-OH is 2. The topological polar surface area (TPSA) is 201 Å². The van der Waals surface area contributed by atoms with Crippen LogP contribution >= 0.6 is 7.75 Å². The maximum absolute atomic E-state index is 12.2. The molecule has 1 aliphatic heterocycles. The Hall–Kier alpha value is -1.86. The van der Waals surface area contributed by atoms with Crippen molar-refractivity contribution in [2.45, 2.75) is 24.5 Å². The van der Waals surface area contributed by atoms with Crippen molar-refractivity contribution in [1.29, 1.82) is 0 Å². The van der Waals surface area contributed by atoms with Crippen LogP contribution in [0.4, 0.5) is 5.82 Å². The number of aromatic nitrogens is 4. The van der Waals surface area contributed by atoms with Crippen molar-refractivity contribution < 1.29 is 28.6 Å². The molecule has 1 saturated heterocycles. The van der Waals surface area contributed by atoms with E-state index in [2.05, 4.69) is 19.5 Å². The summed E-state index contributed by atoms with van der Waals surface area (Å²) in [5.41, 5.74) is 10.5. The van der Waals surface area contributed by atoms with Crippen molar-refractivity contribution >= 4 is 24.7 Å². The monoisotopic (exact) mass is 376 g/mol. The summed E-state index contributed by atoms with van der Waals surface area (Å²) in [5.74, 6) is 0.0398. The van der Waals surface area contributed by atoms with E-state index in [9.17, 15) is 19.6 Å². The SMILES string of the molecule is COP(N)(=O)OCC1OC(n2c(=O)[nH]c3c(N)ncnc32)C(O)C1O. The fourth-order valence-corrected chi connectivity index (χ4v) is 2.96. The normalized spacial score (nSPS) is 29.1. The maximum atomic E-state index is 12.2. The van der Waals surface area contributed by atoms with E-state index in [-0.39, 0.29) is 17.0 Å². The Kier molecular flexibility index (Phi) is 4.64. The van der Waals surface area contributed by atoms with Gasteiger partial charge >= 0.3 is 13.4 Å². The first kappa shape index (κ1) is 17.9. The molecule has 3 rings (SSSR count). The number of hydrogen-bond acceptors (Lipinski definition) is 10. The number of hydrogen-bond donors (Lipinski definition) is 5. The second-order valence-corrected chi connectivity index (χ2v) is 7.03. The van der Waals surface area contributed by atoms with Gasteiger partial charge in [-0.25, -0.2) is 29.4 Å². The van der Waals surface area contributed by atoms with Crippen molar-refractivity contribution in [3.8, 4) is 0 Å². The van der Waals surface area contributed by atoms with Gasteiger partial charge in [0.25, 0.3) is 0 Å². The third-order valence-corrected chi connectivity index (χ3v) is 4.82. The molecular weight excluding hydrogens is 359 g/mol. The predicted molar refractivity (Wildman–Crippen MR) is 83.2 cm³/mol. The summed E-state index contributed by atoms with van der Waals surface area (Å²) in [4.78, 5) is 22.3. The van der Waals surface area contributed by atoms with Gasteiger partial charge in [-0.3, -0.25) is 4.52 Å². The predicted octanol–water partition coefficient (Wildman–Crippen LogP) is -1.95. The number of anilines is 1. The van der Waals surface area contributed by atoms with Crippen molar-refractivity contribution in [3.63, 3.8) is 0 Å². The Labute approximate surface area is 140 Å². The lowest BCUT2D eigenvalue weighted by atomic mass is 10.1. The molecule has 0 aliphatic carbocycles. The van der Waals surface area contributed by atoms with Crippen LogP contribution in [0.15, 0.2) is 11.1 Å². The lowest BCUT2D eigenvalue weighted by Crippen LogP contribution is -2.35. The number of aromatic amines is 1. The zero-order chi connectivity index (χ0) is 18.4. The van der Waals surface area contributed by atoms with Gasteiger partial charge in [0.15, 0.2) is 17.7 Å². The van der Waals surface area contributed by atoms with E-state index in [0.717, 1.165) is 18.0 Å². The summed E-state index contributed by atoms with van der Waals surface area (Å²) >= 11 is 0. The lowest BCUT2D eigenvalue weighted by molar-refractivity contribution is -0.0502. The molecule has 0 saturated carbocycles. The minimum absolute atomic E-state index is 0.0398. The van der Waals surface area contributed by atoms with Crippen LogP contribution in [0.3, 0.4) is 0 Å². The number of H-pyrrole nitrogens is 1. The standard InChI is InChI=1S/C11H17N6O7P/c1-22-25(13,21)23-2-4-6(18)7(19)10(24-4)17-9-5(16-11(17)20)8(12)14-3-15-9/h3-4,6-7,10,18-19H,2H2,1H3,(H2,13,21)(H,16,20)(H2,12,14,15). The molecule has 5 unspecified atom stereocenters. The molecule has 0 radical (unpaired) electrons. The number of rotatable bonds is 5. The highest BCUT2D eigenvalue weighted by atomic mass is 31.2. The summed E-state index contributed by atoms with van der Waals surface area (Å²) in [5, 5.41) is 20.3. The van der Waals surface area contributed by atoms with E-state index in [0.29, 0.717) is 0 Å². The molecule has 13 nitrogen and oxygen atoms in total. The first-order chi connectivity index (χ1) is 11.7. The second kappa shape index (κ2) is 6.46. The van der Waals surface area contributed by atoms with Crippen LogP contribution in [0.2, 0.25) is 0 Å². The molecule has 0 bridgehead atoms. The molecule has 25 heavy (non-hydrogen) atoms. The third-order valence-electron chi connectivity index (χ3n) is 3.80. The van der Waals surface area contributed by atoms with Crippen molar-refractivity contribution in [3.05, 3.63) is 16.8 Å². The number of fused-ring (bicyclic) bond motifs is 1. The van der Waals surface area contributed by atoms with Crippen LogP contribution in [0.5, 0.6) is 0 Å². The molecule has 0 aromatic carbocycles. The van der Waals surface area contributed by atoms with Gasteiger partial charge in [-0.1, -0.05) is 0 Å². The van der Waals surface area contributed by atoms with E-state index in [1.165, 1.54) is 0 Å². The number of aliphatic hydroxyl groups is 2. The van der Waals surface area contributed by atoms with Gasteiger partial charge in [-0.15, -0.1) is 0 Å². The van der Waals surface area contributed by atoms with Crippen molar-refractivity contribution in [2.75, 3.05) is 19.5 Å². The van der Waals surface area contributed by atoms with Gasteiger partial charge in [0.1, 0.15) is 30.2 Å². The molecule has 0 spiro atoms. The Morgan fingerprint density at radius 2 is 2.16 bits per heavy atom. The molecule has 1 aliphatic rings. The van der Waals surface area contributed by atoms with E-state index < -0.39 is 44.6 Å². The fraction of sp³-hybridized carbons (Fsp3) is 0.545. The maximum Gasteiger partial charge on any atom is 0.402 e. The molecular formula is C11H17N6O7P. The first-order valence-corrected chi connectivity index (χ1v) is 8.67. The molecule has 1 fully saturated rings. The fourth-order valence-electron chi connectivity index (χ4n) is 2.50. The van der Waals surface area contributed by atoms with Crippen LogP contribution in [0.25, 0.3) is 11.2 Å². The van der Waals surface area contributed by atoms with Gasteiger partial charge in [-0.05, 0) is 0 Å². The Morgan fingerprint density at radius 3 is 2.84 bits per heavy atom. The van der Waals surface area contributed by atoms with Gasteiger partial charge in [0.05, 0.1) is 6.61 Å². The van der Waals surface area contributed by atoms with Crippen LogP contribution in [0, 0.1) is 0 Å². The highest BCUT2D eigenvalue weighted by Gasteiger charge is 2.45. The number of nitrogens with one attached hydrogen (secondary N) is 1. The second-order valence-electron chi connectivity index (χ2n) is 5.32. The number of ether oxygens (including phenoxy) is 1. The number of nitrogens with two attached hydrogens (primary N) is 2. The highest BCUT2D eigenvalue weighted by Crippen LogP contribution is 2.39. The minimum atomic E-state index is -3.79. The van der Waals surface area contributed by atoms with E-state index in [4.69, 9.17) is 20.5 Å². The highest BCUT2D eigenvalue weighted by molar-refractivity contribution is 7.51. The Morgan fingerprint density at radius 1 is 1.44 bits per heavy atom. The van der Waals surface area contributed by atoms with Crippen molar-refractivity contribution in [1.82, 2.24) is 19.5 Å².